The zero-order valence-corrected chi connectivity index (χ0v) is 14.3. The number of hydrogen-bond donors (Lipinski definition) is 0. The second kappa shape index (κ2) is 8.06. The highest BCUT2D eigenvalue weighted by Gasteiger charge is 2.39. The van der Waals surface area contributed by atoms with Gasteiger partial charge in [0.25, 0.3) is 0 Å². The highest BCUT2D eigenvalue weighted by Crippen LogP contribution is 2.53. The molecular weight excluding hydrogens is 251 g/mol. The lowest BCUT2D eigenvalue weighted by Crippen LogP contribution is -2.32. The molecule has 0 amide bonds. The van der Waals surface area contributed by atoms with Crippen LogP contribution >= 0.6 is 0 Å². The molecule has 1 aliphatic carbocycles. The molecule has 0 bridgehead atoms. The van der Waals surface area contributed by atoms with Gasteiger partial charge >= 0.3 is 0 Å². The fraction of sp³-hybridized carbons (Fsp3) is 0.700. The van der Waals surface area contributed by atoms with Gasteiger partial charge in [0.15, 0.2) is 0 Å². The van der Waals surface area contributed by atoms with Gasteiger partial charge in [-0.05, 0) is 36.2 Å². The molecule has 0 heterocycles. The summed E-state index contributed by atoms with van der Waals surface area (Å²) in [6.07, 6.45) is 10.9. The van der Waals surface area contributed by atoms with E-state index in [1.54, 1.807) is 5.56 Å². The van der Waals surface area contributed by atoms with Crippen molar-refractivity contribution in [3.05, 3.63) is 35.9 Å². The lowest BCUT2D eigenvalue weighted by Gasteiger charge is -2.45. The highest BCUT2D eigenvalue weighted by molar-refractivity contribution is 6.37. The van der Waals surface area contributed by atoms with E-state index in [0.717, 1.165) is 11.7 Å². The second-order valence-electron chi connectivity index (χ2n) is 7.16. The standard InChI is InChI=1S/C20H32B/c1-4-12-20(13-5-2)15-18(14-19(16-20)21-6-3)17-10-8-7-9-11-17/h7-11,18-19H,4-6,12-16H2,1-3H3. The minimum absolute atomic E-state index is 0.596. The van der Waals surface area contributed by atoms with Gasteiger partial charge < -0.3 is 0 Å². The first-order chi connectivity index (χ1) is 10.2. The van der Waals surface area contributed by atoms with Crippen LogP contribution < -0.4 is 0 Å². The summed E-state index contributed by atoms with van der Waals surface area (Å²) in [5.74, 6) is 1.60. The maximum absolute atomic E-state index is 2.59. The Morgan fingerprint density at radius 1 is 1.00 bits per heavy atom. The molecule has 1 heteroatoms. The first kappa shape index (κ1) is 16.7. The molecule has 1 radical (unpaired) electrons. The molecule has 1 fully saturated rings. The van der Waals surface area contributed by atoms with Crippen LogP contribution in [0.15, 0.2) is 30.3 Å². The molecule has 2 unspecified atom stereocenters. The van der Waals surface area contributed by atoms with Crippen LogP contribution in [0.4, 0.5) is 0 Å². The molecule has 0 N–H and O–H groups in total. The Hall–Kier alpha value is -0.715. The SMILES string of the molecule is CC[B]C1CC(c2ccccc2)CC(CCC)(CCC)C1. The Morgan fingerprint density at radius 2 is 1.67 bits per heavy atom. The van der Waals surface area contributed by atoms with E-state index in [4.69, 9.17) is 0 Å². The number of hydrogen-bond acceptors (Lipinski definition) is 0. The third kappa shape index (κ3) is 4.38. The van der Waals surface area contributed by atoms with Crippen molar-refractivity contribution in [2.24, 2.45) is 5.41 Å². The first-order valence-corrected chi connectivity index (χ1v) is 9.11. The van der Waals surface area contributed by atoms with E-state index in [9.17, 15) is 0 Å². The third-order valence-corrected chi connectivity index (χ3v) is 5.36. The Bertz CT molecular complexity index is 392. The van der Waals surface area contributed by atoms with Gasteiger partial charge in [-0.25, -0.2) is 0 Å². The molecule has 2 rings (SSSR count). The van der Waals surface area contributed by atoms with E-state index in [1.165, 1.54) is 51.3 Å². The summed E-state index contributed by atoms with van der Waals surface area (Å²) in [5.41, 5.74) is 2.17. The summed E-state index contributed by atoms with van der Waals surface area (Å²) in [7, 11) is 2.59. The normalized spacial score (nSPS) is 24.7. The fourth-order valence-electron chi connectivity index (χ4n) is 4.78. The summed E-state index contributed by atoms with van der Waals surface area (Å²) in [6.45, 7) is 7.03. The van der Waals surface area contributed by atoms with Crippen molar-refractivity contribution < 1.29 is 0 Å². The Labute approximate surface area is 133 Å². The third-order valence-electron chi connectivity index (χ3n) is 5.36. The van der Waals surface area contributed by atoms with E-state index in [0.29, 0.717) is 5.41 Å². The van der Waals surface area contributed by atoms with Crippen molar-refractivity contribution in [3.63, 3.8) is 0 Å². The monoisotopic (exact) mass is 283 g/mol. The van der Waals surface area contributed by atoms with Gasteiger partial charge in [0.2, 0.25) is 0 Å². The van der Waals surface area contributed by atoms with Crippen molar-refractivity contribution in [3.8, 4) is 0 Å². The average molecular weight is 283 g/mol. The van der Waals surface area contributed by atoms with Crippen LogP contribution in [0.5, 0.6) is 0 Å². The summed E-state index contributed by atoms with van der Waals surface area (Å²) >= 11 is 0. The predicted molar refractivity (Wildman–Crippen MR) is 95.3 cm³/mol. The topological polar surface area (TPSA) is 0 Å². The number of rotatable bonds is 7. The van der Waals surface area contributed by atoms with Crippen LogP contribution in [0.2, 0.25) is 12.1 Å². The highest BCUT2D eigenvalue weighted by atomic mass is 14.4. The van der Waals surface area contributed by atoms with Gasteiger partial charge in [-0.1, -0.05) is 88.9 Å². The predicted octanol–water partition coefficient (Wildman–Crippen LogP) is 6.47. The summed E-state index contributed by atoms with van der Waals surface area (Å²) in [4.78, 5) is 0. The fourth-order valence-corrected chi connectivity index (χ4v) is 4.78. The lowest BCUT2D eigenvalue weighted by atomic mass is 9.49. The first-order valence-electron chi connectivity index (χ1n) is 9.11. The van der Waals surface area contributed by atoms with Gasteiger partial charge in [-0.3, -0.25) is 0 Å². The van der Waals surface area contributed by atoms with Crippen molar-refractivity contribution in [2.45, 2.75) is 83.8 Å². The van der Waals surface area contributed by atoms with E-state index in [1.807, 2.05) is 0 Å². The van der Waals surface area contributed by atoms with Crippen molar-refractivity contribution in [1.82, 2.24) is 0 Å². The summed E-state index contributed by atoms with van der Waals surface area (Å²) in [6, 6.07) is 11.3. The molecule has 0 aromatic heterocycles. The average Bonchev–Trinajstić information content (AvgIpc) is 2.49. The molecule has 1 aromatic carbocycles. The van der Waals surface area contributed by atoms with Crippen LogP contribution in [0.3, 0.4) is 0 Å². The van der Waals surface area contributed by atoms with Gasteiger partial charge in [-0.15, -0.1) is 0 Å². The van der Waals surface area contributed by atoms with Gasteiger partial charge in [0.05, 0.1) is 0 Å². The van der Waals surface area contributed by atoms with Gasteiger partial charge in [0, 0.05) is 0 Å². The molecular formula is C20H32B. The van der Waals surface area contributed by atoms with Crippen LogP contribution in [-0.2, 0) is 0 Å². The lowest BCUT2D eigenvalue weighted by molar-refractivity contribution is 0.137. The molecule has 1 saturated carbocycles. The molecule has 2 atom stereocenters. The zero-order chi connectivity index (χ0) is 15.1. The second-order valence-corrected chi connectivity index (χ2v) is 7.16. The molecule has 0 aliphatic heterocycles. The molecule has 0 nitrogen and oxygen atoms in total. The molecule has 21 heavy (non-hydrogen) atoms. The summed E-state index contributed by atoms with van der Waals surface area (Å²) in [5, 5.41) is 0. The molecule has 1 aromatic rings. The minimum atomic E-state index is 0.596. The maximum Gasteiger partial charge on any atom is 0.113 e. The molecule has 0 spiro atoms. The van der Waals surface area contributed by atoms with E-state index in [-0.39, 0.29) is 0 Å². The number of benzene rings is 1. The van der Waals surface area contributed by atoms with Crippen LogP contribution in [0.1, 0.15) is 77.2 Å². The van der Waals surface area contributed by atoms with Gasteiger partial charge in [0.1, 0.15) is 7.28 Å². The maximum atomic E-state index is 2.59. The van der Waals surface area contributed by atoms with Crippen molar-refractivity contribution >= 4 is 7.28 Å². The van der Waals surface area contributed by atoms with Crippen molar-refractivity contribution in [2.75, 3.05) is 0 Å². The Kier molecular flexibility index (Phi) is 6.39. The smallest absolute Gasteiger partial charge is 0.0827 e. The van der Waals surface area contributed by atoms with E-state index < -0.39 is 0 Å². The quantitative estimate of drug-likeness (QED) is 0.503. The zero-order valence-electron chi connectivity index (χ0n) is 14.3. The van der Waals surface area contributed by atoms with Crippen LogP contribution in [-0.4, -0.2) is 7.28 Å². The molecule has 115 valence electrons. The Morgan fingerprint density at radius 3 is 2.24 bits per heavy atom. The van der Waals surface area contributed by atoms with E-state index in [2.05, 4.69) is 58.4 Å². The van der Waals surface area contributed by atoms with Crippen molar-refractivity contribution in [1.29, 1.82) is 0 Å². The van der Waals surface area contributed by atoms with Gasteiger partial charge in [-0.2, -0.15) is 0 Å². The van der Waals surface area contributed by atoms with Crippen LogP contribution in [0.25, 0.3) is 0 Å². The Balaban J connectivity index is 2.21. The molecule has 0 saturated heterocycles. The van der Waals surface area contributed by atoms with Crippen LogP contribution in [0, 0.1) is 5.41 Å². The summed E-state index contributed by atoms with van der Waals surface area (Å²) < 4.78 is 0. The van der Waals surface area contributed by atoms with E-state index >= 15 is 0 Å². The largest absolute Gasteiger partial charge is 0.113 e. The minimum Gasteiger partial charge on any atom is -0.0827 e. The molecule has 1 aliphatic rings.